The van der Waals surface area contributed by atoms with E-state index < -0.39 is 5.82 Å². The lowest BCUT2D eigenvalue weighted by Gasteiger charge is -2.04. The Morgan fingerprint density at radius 3 is 2.68 bits per heavy atom. The molecule has 1 N–H and O–H groups in total. The Morgan fingerprint density at radius 1 is 1.14 bits per heavy atom. The molecule has 0 unspecified atom stereocenters. The average Bonchev–Trinajstić information content (AvgIpc) is 3.23. The van der Waals surface area contributed by atoms with Gasteiger partial charge in [0, 0.05) is 17.6 Å². The number of pyridine rings is 1. The van der Waals surface area contributed by atoms with Gasteiger partial charge >= 0.3 is 0 Å². The van der Waals surface area contributed by atoms with E-state index in [2.05, 4.69) is 15.2 Å². The highest BCUT2D eigenvalue weighted by Crippen LogP contribution is 2.30. The maximum atomic E-state index is 13.8. The summed E-state index contributed by atoms with van der Waals surface area (Å²) in [4.78, 5) is 17.9. The van der Waals surface area contributed by atoms with Gasteiger partial charge in [-0.3, -0.25) is 14.6 Å². The van der Waals surface area contributed by atoms with Gasteiger partial charge in [0.25, 0.3) is 5.56 Å². The lowest BCUT2D eigenvalue weighted by atomic mass is 10.1. The summed E-state index contributed by atoms with van der Waals surface area (Å²) in [7, 11) is 1.77. The first-order valence-electron chi connectivity index (χ1n) is 8.51. The highest BCUT2D eigenvalue weighted by molar-refractivity contribution is 6.30. The lowest BCUT2D eigenvalue weighted by molar-refractivity contribution is 0.628. The lowest BCUT2D eigenvalue weighted by Crippen LogP contribution is -2.14. The zero-order valence-corrected chi connectivity index (χ0v) is 15.4. The van der Waals surface area contributed by atoms with E-state index in [-0.39, 0.29) is 5.56 Å². The Morgan fingerprint density at radius 2 is 1.93 bits per heavy atom. The van der Waals surface area contributed by atoms with Crippen molar-refractivity contribution in [3.63, 3.8) is 0 Å². The molecule has 138 valence electrons. The summed E-state index contributed by atoms with van der Waals surface area (Å²) in [6.45, 7) is 0. The minimum absolute atomic E-state index is 0.283. The van der Waals surface area contributed by atoms with Crippen LogP contribution >= 0.6 is 11.6 Å². The summed E-state index contributed by atoms with van der Waals surface area (Å²) >= 11 is 5.96. The van der Waals surface area contributed by atoms with Gasteiger partial charge in [0.05, 0.1) is 33.9 Å². The highest BCUT2D eigenvalue weighted by atomic mass is 35.5. The molecule has 0 aliphatic rings. The third-order valence-electron chi connectivity index (χ3n) is 4.70. The van der Waals surface area contributed by atoms with Crippen LogP contribution in [0, 0.1) is 5.82 Å². The van der Waals surface area contributed by atoms with Crippen molar-refractivity contribution in [3.05, 3.63) is 75.9 Å². The molecule has 8 heteroatoms. The van der Waals surface area contributed by atoms with Gasteiger partial charge < -0.3 is 0 Å². The van der Waals surface area contributed by atoms with Crippen molar-refractivity contribution in [2.75, 3.05) is 0 Å². The maximum Gasteiger partial charge on any atom is 0.281 e. The van der Waals surface area contributed by atoms with E-state index >= 15 is 0 Å². The van der Waals surface area contributed by atoms with Crippen LogP contribution in [0.25, 0.3) is 38.9 Å². The molecule has 28 heavy (non-hydrogen) atoms. The molecule has 0 saturated carbocycles. The number of fused-ring (bicyclic) bond motifs is 3. The number of aromatic nitrogens is 5. The number of aryl methyl sites for hydroxylation is 1. The molecule has 6 nitrogen and oxygen atoms in total. The molecule has 0 amide bonds. The Labute approximate surface area is 162 Å². The molecule has 0 aliphatic carbocycles. The number of hydrogen-bond acceptors (Lipinski definition) is 3. The van der Waals surface area contributed by atoms with Crippen LogP contribution in [0.15, 0.2) is 59.5 Å². The smallest absolute Gasteiger partial charge is 0.281 e. The molecule has 0 bridgehead atoms. The van der Waals surface area contributed by atoms with Crippen molar-refractivity contribution < 1.29 is 4.39 Å². The molecule has 5 rings (SSSR count). The largest absolute Gasteiger partial charge is 0.289 e. The third-order valence-corrected chi connectivity index (χ3v) is 4.96. The fraction of sp³-hybridized carbons (Fsp3) is 0.0500. The average molecular weight is 394 g/mol. The summed E-state index contributed by atoms with van der Waals surface area (Å²) in [5.74, 6) is -0.397. The van der Waals surface area contributed by atoms with Crippen LogP contribution in [0.5, 0.6) is 0 Å². The second kappa shape index (κ2) is 6.03. The number of nitrogens with one attached hydrogen (secondary N) is 1. The van der Waals surface area contributed by atoms with Gasteiger partial charge in [0.1, 0.15) is 5.82 Å². The van der Waals surface area contributed by atoms with E-state index in [4.69, 9.17) is 11.6 Å². The van der Waals surface area contributed by atoms with E-state index in [0.717, 1.165) is 0 Å². The summed E-state index contributed by atoms with van der Waals surface area (Å²) in [6.07, 6.45) is 1.65. The van der Waals surface area contributed by atoms with E-state index in [1.807, 2.05) is 0 Å². The number of nitrogens with zero attached hydrogens (tertiary/aromatic N) is 4. The monoisotopic (exact) mass is 393 g/mol. The van der Waals surface area contributed by atoms with Gasteiger partial charge in [0.15, 0.2) is 5.65 Å². The van der Waals surface area contributed by atoms with Crippen molar-refractivity contribution in [1.82, 2.24) is 24.5 Å². The predicted octanol–water partition coefficient (Wildman–Crippen LogP) is 4.06. The Bertz CT molecular complexity index is 1410. The maximum absolute atomic E-state index is 13.8. The molecule has 2 aromatic carbocycles. The predicted molar refractivity (Wildman–Crippen MR) is 106 cm³/mol. The van der Waals surface area contributed by atoms with E-state index in [9.17, 15) is 9.18 Å². The first-order valence-corrected chi connectivity index (χ1v) is 8.89. The summed E-state index contributed by atoms with van der Waals surface area (Å²) < 4.78 is 16.9. The van der Waals surface area contributed by atoms with E-state index in [0.29, 0.717) is 43.9 Å². The normalized spacial score (nSPS) is 11.5. The van der Waals surface area contributed by atoms with Crippen molar-refractivity contribution in [2.24, 2.45) is 7.05 Å². The van der Waals surface area contributed by atoms with Crippen molar-refractivity contribution >= 4 is 33.5 Å². The molecule has 0 aliphatic heterocycles. The molecule has 3 heterocycles. The van der Waals surface area contributed by atoms with Gasteiger partial charge in [0.2, 0.25) is 0 Å². The molecular weight excluding hydrogens is 381 g/mol. The standard InChI is InChI=1S/C20H13ClFN5O/c1-26-19-15(10-23-26)18-16(17(24-19)11-3-2-4-13(22)9-11)20(28)27(25-18)14-7-5-12(21)6-8-14/h2-10,25H,1H3. The first kappa shape index (κ1) is 16.7. The number of hydrogen-bond donors (Lipinski definition) is 1. The molecule has 3 aromatic heterocycles. The van der Waals surface area contributed by atoms with Crippen LogP contribution in [-0.4, -0.2) is 24.5 Å². The summed E-state index contributed by atoms with van der Waals surface area (Å²) in [5.41, 5.74) is 2.46. The van der Waals surface area contributed by atoms with E-state index in [1.54, 1.807) is 54.3 Å². The van der Waals surface area contributed by atoms with Gasteiger partial charge in [-0.05, 0) is 36.4 Å². The second-order valence-electron chi connectivity index (χ2n) is 6.45. The zero-order chi connectivity index (χ0) is 19.4. The Kier molecular flexibility index (Phi) is 3.60. The number of halogens is 2. The first-order chi connectivity index (χ1) is 13.5. The van der Waals surface area contributed by atoms with Gasteiger partial charge in [-0.1, -0.05) is 23.7 Å². The Hall–Kier alpha value is -3.45. The minimum atomic E-state index is -0.397. The molecule has 0 fully saturated rings. The molecular formula is C20H13ClFN5O. The van der Waals surface area contributed by atoms with Crippen LogP contribution in [0.3, 0.4) is 0 Å². The SMILES string of the molecule is Cn1ncc2c3[nH]n(-c4ccc(Cl)cc4)c(=O)c3c(-c3cccc(F)c3)nc21. The van der Waals surface area contributed by atoms with Crippen LogP contribution < -0.4 is 5.56 Å². The number of aromatic amines is 1. The number of benzene rings is 2. The van der Waals surface area contributed by atoms with Gasteiger partial charge in [-0.15, -0.1) is 0 Å². The van der Waals surface area contributed by atoms with Crippen molar-refractivity contribution in [3.8, 4) is 16.9 Å². The molecule has 0 radical (unpaired) electrons. The zero-order valence-electron chi connectivity index (χ0n) is 14.6. The quantitative estimate of drug-likeness (QED) is 0.491. The number of rotatable bonds is 2. The van der Waals surface area contributed by atoms with Gasteiger partial charge in [-0.2, -0.15) is 5.10 Å². The summed E-state index contributed by atoms with van der Waals surface area (Å²) in [6, 6.07) is 12.9. The minimum Gasteiger partial charge on any atom is -0.289 e. The topological polar surface area (TPSA) is 68.5 Å². The molecule has 0 saturated heterocycles. The fourth-order valence-electron chi connectivity index (χ4n) is 3.37. The van der Waals surface area contributed by atoms with E-state index in [1.165, 1.54) is 16.8 Å². The van der Waals surface area contributed by atoms with Crippen LogP contribution in [0.1, 0.15) is 0 Å². The van der Waals surface area contributed by atoms with Gasteiger partial charge in [-0.25, -0.2) is 14.1 Å². The van der Waals surface area contributed by atoms with Crippen LogP contribution in [-0.2, 0) is 7.05 Å². The fourth-order valence-corrected chi connectivity index (χ4v) is 3.50. The third kappa shape index (κ3) is 2.44. The molecule has 0 spiro atoms. The molecule has 5 aromatic rings. The van der Waals surface area contributed by atoms with Crippen molar-refractivity contribution in [2.45, 2.75) is 0 Å². The highest BCUT2D eigenvalue weighted by Gasteiger charge is 2.20. The molecule has 0 atom stereocenters. The Balaban J connectivity index is 1.92. The van der Waals surface area contributed by atoms with Crippen LogP contribution in [0.4, 0.5) is 4.39 Å². The van der Waals surface area contributed by atoms with Crippen LogP contribution in [0.2, 0.25) is 5.02 Å². The second-order valence-corrected chi connectivity index (χ2v) is 6.89. The number of H-pyrrole nitrogens is 1. The van der Waals surface area contributed by atoms with Crippen molar-refractivity contribution in [1.29, 1.82) is 0 Å². The summed E-state index contributed by atoms with van der Waals surface area (Å²) in [5, 5.41) is 9.07.